The fraction of sp³-hybridized carbons (Fsp3) is 0.300. The number of nitrogen functional groups attached to an aromatic ring is 1. The van der Waals surface area contributed by atoms with Gasteiger partial charge >= 0.3 is 0 Å². The van der Waals surface area contributed by atoms with Crippen LogP contribution < -0.4 is 10.5 Å². The van der Waals surface area contributed by atoms with Crippen LogP contribution in [0.5, 0.6) is 5.75 Å². The SMILES string of the molecule is COc1cccc(-c2cn[nH]c2C2CCN(C(=O)c3sccc3N)CC2)c1. The molecule has 0 aliphatic carbocycles. The van der Waals surface area contributed by atoms with Crippen molar-refractivity contribution >= 4 is 22.9 Å². The Labute approximate surface area is 162 Å². The topological polar surface area (TPSA) is 84.2 Å². The molecule has 4 rings (SSSR count). The van der Waals surface area contributed by atoms with E-state index >= 15 is 0 Å². The molecule has 3 heterocycles. The normalized spacial score (nSPS) is 15.1. The molecule has 0 saturated carbocycles. The third-order valence-corrected chi connectivity index (χ3v) is 6.05. The average molecular weight is 382 g/mol. The van der Waals surface area contributed by atoms with Gasteiger partial charge in [0.25, 0.3) is 5.91 Å². The summed E-state index contributed by atoms with van der Waals surface area (Å²) in [7, 11) is 1.67. The monoisotopic (exact) mass is 382 g/mol. The second kappa shape index (κ2) is 7.44. The Morgan fingerprint density at radius 3 is 2.85 bits per heavy atom. The number of anilines is 1. The molecule has 27 heavy (non-hydrogen) atoms. The van der Waals surface area contributed by atoms with Crippen LogP contribution in [0.4, 0.5) is 5.69 Å². The van der Waals surface area contributed by atoms with Crippen molar-refractivity contribution in [1.82, 2.24) is 15.1 Å². The Bertz CT molecular complexity index is 941. The summed E-state index contributed by atoms with van der Waals surface area (Å²) in [5.74, 6) is 1.21. The first-order chi connectivity index (χ1) is 13.2. The van der Waals surface area contributed by atoms with Crippen LogP contribution in [0, 0.1) is 0 Å². The number of aromatic nitrogens is 2. The molecular weight excluding hydrogens is 360 g/mol. The Hall–Kier alpha value is -2.80. The molecule has 1 amide bonds. The Morgan fingerprint density at radius 1 is 1.33 bits per heavy atom. The molecule has 0 unspecified atom stereocenters. The van der Waals surface area contributed by atoms with E-state index in [2.05, 4.69) is 16.3 Å². The summed E-state index contributed by atoms with van der Waals surface area (Å²) in [5.41, 5.74) is 9.79. The van der Waals surface area contributed by atoms with Crippen LogP contribution in [-0.2, 0) is 0 Å². The highest BCUT2D eigenvalue weighted by Gasteiger charge is 2.28. The number of carbonyl (C=O) groups excluding carboxylic acids is 1. The summed E-state index contributed by atoms with van der Waals surface area (Å²) in [6.45, 7) is 1.44. The maximum atomic E-state index is 12.7. The molecule has 3 N–H and O–H groups in total. The number of thiophene rings is 1. The largest absolute Gasteiger partial charge is 0.497 e. The van der Waals surface area contributed by atoms with Gasteiger partial charge in [0.05, 0.1) is 19.0 Å². The zero-order valence-electron chi connectivity index (χ0n) is 15.1. The molecule has 0 radical (unpaired) electrons. The van der Waals surface area contributed by atoms with E-state index < -0.39 is 0 Å². The van der Waals surface area contributed by atoms with Crippen LogP contribution in [0.25, 0.3) is 11.1 Å². The number of piperidine rings is 1. The molecule has 6 nitrogen and oxygen atoms in total. The van der Waals surface area contributed by atoms with Crippen LogP contribution in [0.3, 0.4) is 0 Å². The van der Waals surface area contributed by atoms with Crippen molar-refractivity contribution in [2.24, 2.45) is 0 Å². The van der Waals surface area contributed by atoms with Crippen LogP contribution in [0.2, 0.25) is 0 Å². The maximum absolute atomic E-state index is 12.7. The lowest BCUT2D eigenvalue weighted by Gasteiger charge is -2.31. The van der Waals surface area contributed by atoms with Gasteiger partial charge in [-0.05, 0) is 42.0 Å². The standard InChI is InChI=1S/C20H22N4O2S/c1-26-15-4-2-3-14(11-15)16-12-22-23-18(16)13-5-8-24(9-6-13)20(25)19-17(21)7-10-27-19/h2-4,7,10-13H,5-6,8-9,21H2,1H3,(H,22,23). The summed E-state index contributed by atoms with van der Waals surface area (Å²) in [4.78, 5) is 15.2. The number of amides is 1. The number of rotatable bonds is 4. The number of H-pyrrole nitrogens is 1. The van der Waals surface area contributed by atoms with Gasteiger partial charge in [-0.15, -0.1) is 11.3 Å². The van der Waals surface area contributed by atoms with Gasteiger partial charge in [0.1, 0.15) is 10.6 Å². The number of hydrogen-bond donors (Lipinski definition) is 2. The van der Waals surface area contributed by atoms with E-state index in [0.717, 1.165) is 48.5 Å². The van der Waals surface area contributed by atoms with Gasteiger partial charge in [-0.1, -0.05) is 12.1 Å². The molecule has 7 heteroatoms. The molecule has 1 saturated heterocycles. The van der Waals surface area contributed by atoms with Gasteiger partial charge in [0.2, 0.25) is 0 Å². The number of nitrogens with two attached hydrogens (primary N) is 1. The highest BCUT2D eigenvalue weighted by molar-refractivity contribution is 7.12. The molecule has 1 aliphatic rings. The third kappa shape index (κ3) is 3.42. The molecule has 0 atom stereocenters. The molecule has 0 spiro atoms. The van der Waals surface area contributed by atoms with E-state index in [1.165, 1.54) is 11.3 Å². The van der Waals surface area contributed by atoms with Crippen molar-refractivity contribution in [1.29, 1.82) is 0 Å². The third-order valence-electron chi connectivity index (χ3n) is 5.13. The summed E-state index contributed by atoms with van der Waals surface area (Å²) in [5, 5.41) is 9.32. The number of benzene rings is 1. The number of nitrogens with one attached hydrogen (secondary N) is 1. The Balaban J connectivity index is 1.49. The average Bonchev–Trinajstić information content (AvgIpc) is 3.37. The van der Waals surface area contributed by atoms with E-state index in [0.29, 0.717) is 16.5 Å². The molecule has 1 fully saturated rings. The number of methoxy groups -OCH3 is 1. The molecule has 1 aromatic carbocycles. The fourth-order valence-electron chi connectivity index (χ4n) is 3.64. The highest BCUT2D eigenvalue weighted by Crippen LogP contribution is 2.35. The van der Waals surface area contributed by atoms with Gasteiger partial charge in [0.15, 0.2) is 0 Å². The first kappa shape index (κ1) is 17.6. The van der Waals surface area contributed by atoms with E-state index in [-0.39, 0.29) is 5.91 Å². The second-order valence-corrected chi connectivity index (χ2v) is 7.62. The summed E-state index contributed by atoms with van der Waals surface area (Å²) >= 11 is 1.41. The number of nitrogens with zero attached hydrogens (tertiary/aromatic N) is 2. The van der Waals surface area contributed by atoms with Crippen molar-refractivity contribution in [2.75, 3.05) is 25.9 Å². The van der Waals surface area contributed by atoms with Crippen LogP contribution in [-0.4, -0.2) is 41.2 Å². The van der Waals surface area contributed by atoms with Gasteiger partial charge < -0.3 is 15.4 Å². The first-order valence-electron chi connectivity index (χ1n) is 8.97. The predicted molar refractivity (Wildman–Crippen MR) is 107 cm³/mol. The fourth-order valence-corrected chi connectivity index (χ4v) is 4.42. The zero-order valence-corrected chi connectivity index (χ0v) is 16.0. The minimum absolute atomic E-state index is 0.0404. The molecule has 0 bridgehead atoms. The lowest BCUT2D eigenvalue weighted by Crippen LogP contribution is -2.38. The number of aromatic amines is 1. The predicted octanol–water partition coefficient (Wildman–Crippen LogP) is 3.75. The smallest absolute Gasteiger partial charge is 0.266 e. The zero-order chi connectivity index (χ0) is 18.8. The van der Waals surface area contributed by atoms with Crippen LogP contribution in [0.15, 0.2) is 41.9 Å². The lowest BCUT2D eigenvalue weighted by atomic mass is 9.89. The van der Waals surface area contributed by atoms with E-state index in [1.807, 2.05) is 34.7 Å². The van der Waals surface area contributed by atoms with Crippen molar-refractivity contribution < 1.29 is 9.53 Å². The second-order valence-electron chi connectivity index (χ2n) is 6.70. The Morgan fingerprint density at radius 2 is 2.15 bits per heavy atom. The van der Waals surface area contributed by atoms with E-state index in [9.17, 15) is 4.79 Å². The molecule has 3 aromatic rings. The van der Waals surface area contributed by atoms with Crippen molar-refractivity contribution in [3.63, 3.8) is 0 Å². The molecule has 2 aromatic heterocycles. The minimum Gasteiger partial charge on any atom is -0.497 e. The van der Waals surface area contributed by atoms with E-state index in [4.69, 9.17) is 10.5 Å². The van der Waals surface area contributed by atoms with Crippen LogP contribution >= 0.6 is 11.3 Å². The first-order valence-corrected chi connectivity index (χ1v) is 9.85. The molecule has 140 valence electrons. The number of ether oxygens (including phenoxy) is 1. The van der Waals surface area contributed by atoms with Crippen molar-refractivity contribution in [2.45, 2.75) is 18.8 Å². The van der Waals surface area contributed by atoms with Gasteiger partial charge in [-0.25, -0.2) is 0 Å². The number of likely N-dealkylation sites (tertiary alicyclic amines) is 1. The van der Waals surface area contributed by atoms with Gasteiger partial charge in [-0.3, -0.25) is 9.89 Å². The highest BCUT2D eigenvalue weighted by atomic mass is 32.1. The van der Waals surface area contributed by atoms with Crippen LogP contribution in [0.1, 0.15) is 34.1 Å². The molecule has 1 aliphatic heterocycles. The van der Waals surface area contributed by atoms with E-state index in [1.54, 1.807) is 13.2 Å². The van der Waals surface area contributed by atoms with Crippen molar-refractivity contribution in [3.8, 4) is 16.9 Å². The maximum Gasteiger partial charge on any atom is 0.266 e. The van der Waals surface area contributed by atoms with Crippen molar-refractivity contribution in [3.05, 3.63) is 52.5 Å². The van der Waals surface area contributed by atoms with Gasteiger partial charge in [-0.2, -0.15) is 5.10 Å². The summed E-state index contributed by atoms with van der Waals surface area (Å²) in [6.07, 6.45) is 3.67. The van der Waals surface area contributed by atoms with Gasteiger partial charge in [0, 0.05) is 30.3 Å². The molecular formula is C20H22N4O2S. The lowest BCUT2D eigenvalue weighted by molar-refractivity contribution is 0.0718. The summed E-state index contributed by atoms with van der Waals surface area (Å²) in [6, 6.07) is 9.79. The number of hydrogen-bond acceptors (Lipinski definition) is 5. The number of carbonyl (C=O) groups is 1. The summed E-state index contributed by atoms with van der Waals surface area (Å²) < 4.78 is 5.34. The Kier molecular flexibility index (Phi) is 4.85. The quantitative estimate of drug-likeness (QED) is 0.720. The minimum atomic E-state index is 0.0404.